The van der Waals surface area contributed by atoms with Gasteiger partial charge in [0.25, 0.3) is 0 Å². The van der Waals surface area contributed by atoms with Crippen molar-refractivity contribution >= 4 is 0 Å². The monoisotopic (exact) mass is 197 g/mol. The topological polar surface area (TPSA) is 39.1 Å². The van der Waals surface area contributed by atoms with Crippen LogP contribution in [-0.2, 0) is 7.05 Å². The van der Waals surface area contributed by atoms with E-state index in [0.717, 1.165) is 18.7 Å². The number of rotatable bonds is 5. The molecular weight excluding hydrogens is 178 g/mol. The molecule has 0 aromatic carbocycles. The molecule has 0 saturated carbocycles. The van der Waals surface area contributed by atoms with Gasteiger partial charge in [0.1, 0.15) is 0 Å². The lowest BCUT2D eigenvalue weighted by Crippen LogP contribution is -2.13. The zero-order valence-corrected chi connectivity index (χ0v) is 9.37. The second kappa shape index (κ2) is 5.00. The Morgan fingerprint density at radius 1 is 1.64 bits per heavy atom. The van der Waals surface area contributed by atoms with Gasteiger partial charge in [0.2, 0.25) is 0 Å². The van der Waals surface area contributed by atoms with Crippen LogP contribution in [0.25, 0.3) is 0 Å². The van der Waals surface area contributed by atoms with Crippen LogP contribution in [0.4, 0.5) is 0 Å². The number of aryl methyl sites for hydroxylation is 1. The molecule has 1 heterocycles. The maximum atomic E-state index is 5.26. The Hall–Kier alpha value is -1.03. The molecule has 0 bridgehead atoms. The summed E-state index contributed by atoms with van der Waals surface area (Å²) < 4.78 is 7.15. The largest absolute Gasteiger partial charge is 0.493 e. The number of ether oxygens (including phenoxy) is 1. The molecule has 1 N–H and O–H groups in total. The van der Waals surface area contributed by atoms with E-state index in [1.165, 1.54) is 5.69 Å². The second-order valence-corrected chi connectivity index (χ2v) is 3.52. The van der Waals surface area contributed by atoms with Crippen molar-refractivity contribution in [1.82, 2.24) is 15.1 Å². The van der Waals surface area contributed by atoms with Crippen molar-refractivity contribution in [3.8, 4) is 5.75 Å². The third-order valence-electron chi connectivity index (χ3n) is 2.46. The first-order chi connectivity index (χ1) is 6.70. The van der Waals surface area contributed by atoms with Crippen molar-refractivity contribution < 1.29 is 4.74 Å². The molecule has 1 rings (SSSR count). The molecule has 0 fully saturated rings. The van der Waals surface area contributed by atoms with Crippen LogP contribution in [0.15, 0.2) is 6.20 Å². The molecule has 1 atom stereocenters. The Bertz CT molecular complexity index is 283. The number of methoxy groups -OCH3 is 1. The summed E-state index contributed by atoms with van der Waals surface area (Å²) in [5.74, 6) is 1.35. The lowest BCUT2D eigenvalue weighted by molar-refractivity contribution is 0.402. The van der Waals surface area contributed by atoms with Crippen LogP contribution >= 0.6 is 0 Å². The van der Waals surface area contributed by atoms with Gasteiger partial charge in [-0.25, -0.2) is 0 Å². The highest BCUT2D eigenvalue weighted by Gasteiger charge is 2.15. The van der Waals surface area contributed by atoms with Crippen molar-refractivity contribution in [1.29, 1.82) is 0 Å². The van der Waals surface area contributed by atoms with Gasteiger partial charge < -0.3 is 10.1 Å². The number of hydrogen-bond donors (Lipinski definition) is 1. The van der Waals surface area contributed by atoms with E-state index in [4.69, 9.17) is 4.74 Å². The highest BCUT2D eigenvalue weighted by molar-refractivity contribution is 5.28. The van der Waals surface area contributed by atoms with Crippen LogP contribution in [0, 0.1) is 0 Å². The van der Waals surface area contributed by atoms with Crippen LogP contribution in [0.2, 0.25) is 0 Å². The molecule has 0 saturated heterocycles. The van der Waals surface area contributed by atoms with Crippen LogP contribution in [-0.4, -0.2) is 30.5 Å². The highest BCUT2D eigenvalue weighted by atomic mass is 16.5. The molecule has 4 heteroatoms. The van der Waals surface area contributed by atoms with Gasteiger partial charge in [0.15, 0.2) is 5.75 Å². The maximum Gasteiger partial charge on any atom is 0.160 e. The Kier molecular flexibility index (Phi) is 3.95. The number of hydrogen-bond acceptors (Lipinski definition) is 3. The predicted molar refractivity (Wildman–Crippen MR) is 56.7 cm³/mol. The van der Waals surface area contributed by atoms with Gasteiger partial charge in [-0.1, -0.05) is 6.92 Å². The first kappa shape index (κ1) is 11.0. The Labute approximate surface area is 85.3 Å². The van der Waals surface area contributed by atoms with Crippen molar-refractivity contribution in [2.45, 2.75) is 19.3 Å². The smallest absolute Gasteiger partial charge is 0.160 e. The minimum absolute atomic E-state index is 0.463. The van der Waals surface area contributed by atoms with Gasteiger partial charge >= 0.3 is 0 Å². The molecule has 1 aromatic heterocycles. The highest BCUT2D eigenvalue weighted by Crippen LogP contribution is 2.27. The molecule has 80 valence electrons. The zero-order chi connectivity index (χ0) is 10.6. The standard InChI is InChI=1S/C10H19N3O/c1-8(5-6-11-2)10-9(14-4)7-12-13(10)3/h7-8,11H,5-6H2,1-4H3. The molecular formula is C10H19N3O. The third-order valence-corrected chi connectivity index (χ3v) is 2.46. The minimum atomic E-state index is 0.463. The molecule has 1 aromatic rings. The molecule has 14 heavy (non-hydrogen) atoms. The predicted octanol–water partition coefficient (Wildman–Crippen LogP) is 1.14. The van der Waals surface area contributed by atoms with Gasteiger partial charge in [-0.3, -0.25) is 4.68 Å². The molecule has 0 aliphatic heterocycles. The summed E-state index contributed by atoms with van der Waals surface area (Å²) in [4.78, 5) is 0. The van der Waals surface area contributed by atoms with E-state index in [0.29, 0.717) is 5.92 Å². The maximum absolute atomic E-state index is 5.26. The van der Waals surface area contributed by atoms with Gasteiger partial charge in [0, 0.05) is 13.0 Å². The number of aromatic nitrogens is 2. The first-order valence-corrected chi connectivity index (χ1v) is 4.91. The quantitative estimate of drug-likeness (QED) is 0.769. The van der Waals surface area contributed by atoms with Crippen LogP contribution in [0.1, 0.15) is 25.0 Å². The van der Waals surface area contributed by atoms with E-state index in [9.17, 15) is 0 Å². The van der Waals surface area contributed by atoms with Crippen molar-refractivity contribution in [3.05, 3.63) is 11.9 Å². The van der Waals surface area contributed by atoms with E-state index in [-0.39, 0.29) is 0 Å². The summed E-state index contributed by atoms with van der Waals surface area (Å²) in [5, 5.41) is 7.33. The fourth-order valence-corrected chi connectivity index (χ4v) is 1.64. The Morgan fingerprint density at radius 3 is 2.93 bits per heavy atom. The fraction of sp³-hybridized carbons (Fsp3) is 0.700. The van der Waals surface area contributed by atoms with Crippen molar-refractivity contribution in [3.63, 3.8) is 0 Å². The Morgan fingerprint density at radius 2 is 2.36 bits per heavy atom. The number of nitrogens with one attached hydrogen (secondary N) is 1. The van der Waals surface area contributed by atoms with E-state index >= 15 is 0 Å². The molecule has 0 aliphatic rings. The molecule has 0 radical (unpaired) electrons. The molecule has 1 unspecified atom stereocenters. The fourth-order valence-electron chi connectivity index (χ4n) is 1.64. The van der Waals surface area contributed by atoms with E-state index in [1.54, 1.807) is 13.3 Å². The molecule has 0 aliphatic carbocycles. The van der Waals surface area contributed by atoms with E-state index < -0.39 is 0 Å². The lowest BCUT2D eigenvalue weighted by atomic mass is 10.0. The van der Waals surface area contributed by atoms with Crippen LogP contribution in [0.3, 0.4) is 0 Å². The Balaban J connectivity index is 2.76. The summed E-state index contributed by atoms with van der Waals surface area (Å²) in [7, 11) is 5.60. The van der Waals surface area contributed by atoms with Crippen LogP contribution in [0.5, 0.6) is 5.75 Å². The summed E-state index contributed by atoms with van der Waals surface area (Å²) in [6.07, 6.45) is 2.86. The molecule has 0 spiro atoms. The van der Waals surface area contributed by atoms with E-state index in [1.807, 2.05) is 18.8 Å². The SMILES string of the molecule is CNCCC(C)c1c(OC)cnn1C. The first-order valence-electron chi connectivity index (χ1n) is 4.91. The van der Waals surface area contributed by atoms with Crippen LogP contribution < -0.4 is 10.1 Å². The lowest BCUT2D eigenvalue weighted by Gasteiger charge is -2.13. The van der Waals surface area contributed by atoms with Gasteiger partial charge in [-0.15, -0.1) is 0 Å². The number of nitrogens with zero attached hydrogens (tertiary/aromatic N) is 2. The summed E-state index contributed by atoms with van der Waals surface area (Å²) in [6, 6.07) is 0. The minimum Gasteiger partial charge on any atom is -0.493 e. The molecule has 0 amide bonds. The zero-order valence-electron chi connectivity index (χ0n) is 9.37. The summed E-state index contributed by atoms with van der Waals surface area (Å²) in [5.41, 5.74) is 1.17. The van der Waals surface area contributed by atoms with Crippen molar-refractivity contribution in [2.75, 3.05) is 20.7 Å². The summed E-state index contributed by atoms with van der Waals surface area (Å²) >= 11 is 0. The third kappa shape index (κ3) is 2.26. The van der Waals surface area contributed by atoms with Gasteiger partial charge in [-0.05, 0) is 20.0 Å². The van der Waals surface area contributed by atoms with Gasteiger partial charge in [-0.2, -0.15) is 5.10 Å². The van der Waals surface area contributed by atoms with Crippen molar-refractivity contribution in [2.24, 2.45) is 7.05 Å². The van der Waals surface area contributed by atoms with E-state index in [2.05, 4.69) is 17.3 Å². The van der Waals surface area contributed by atoms with Gasteiger partial charge in [0.05, 0.1) is 19.0 Å². The molecule has 4 nitrogen and oxygen atoms in total. The average molecular weight is 197 g/mol. The average Bonchev–Trinajstić information content (AvgIpc) is 2.56. The summed E-state index contributed by atoms with van der Waals surface area (Å²) in [6.45, 7) is 3.20. The second-order valence-electron chi connectivity index (χ2n) is 3.52. The normalized spacial score (nSPS) is 12.9.